The van der Waals surface area contributed by atoms with Gasteiger partial charge in [0.05, 0.1) is 12.2 Å². The van der Waals surface area contributed by atoms with Crippen molar-refractivity contribution in [2.24, 2.45) is 5.92 Å². The van der Waals surface area contributed by atoms with Crippen LogP contribution in [0, 0.1) is 17.2 Å². The van der Waals surface area contributed by atoms with Crippen LogP contribution in [0.4, 0.5) is 0 Å². The fourth-order valence-corrected chi connectivity index (χ4v) is 3.21. The average Bonchev–Trinajstić information content (AvgIpc) is 2.63. The molecule has 100 valence electrons. The van der Waals surface area contributed by atoms with E-state index in [1.54, 1.807) is 6.07 Å². The molecule has 2 aliphatic heterocycles. The molecule has 0 saturated carbocycles. The molecule has 0 spiro atoms. The summed E-state index contributed by atoms with van der Waals surface area (Å²) in [6, 6.07) is 7.71. The lowest BCUT2D eigenvalue weighted by Crippen LogP contribution is -2.49. The molecule has 1 aromatic carbocycles. The molecule has 3 rings (SSSR count). The molecular formula is C14H15BrN2O2. The van der Waals surface area contributed by atoms with Crippen LogP contribution >= 0.6 is 15.9 Å². The number of nitrogens with zero attached hydrogens (tertiary/aromatic N) is 2. The van der Waals surface area contributed by atoms with Gasteiger partial charge < -0.3 is 14.4 Å². The predicted octanol–water partition coefficient (Wildman–Crippen LogP) is 2.03. The van der Waals surface area contributed by atoms with Crippen LogP contribution in [0.2, 0.25) is 0 Å². The van der Waals surface area contributed by atoms with Crippen molar-refractivity contribution < 1.29 is 9.47 Å². The Labute approximate surface area is 121 Å². The van der Waals surface area contributed by atoms with E-state index in [0.717, 1.165) is 24.2 Å². The van der Waals surface area contributed by atoms with Crippen LogP contribution in [0.3, 0.4) is 0 Å². The maximum absolute atomic E-state index is 9.17. The highest BCUT2D eigenvalue weighted by atomic mass is 79.9. The highest BCUT2D eigenvalue weighted by Crippen LogP contribution is 2.32. The van der Waals surface area contributed by atoms with Gasteiger partial charge in [0.1, 0.15) is 24.0 Å². The molecule has 19 heavy (non-hydrogen) atoms. The van der Waals surface area contributed by atoms with Crippen LogP contribution in [0.1, 0.15) is 5.56 Å². The standard InChI is InChI=1S/C14H15BrN2O2/c1-17-6-10-8-18-13(7-17)14(10)19-12-3-2-11(15)4-9(12)5-16/h2-4,10,13-14H,6-8H2,1H3/t10-,13-,14?/m0/s1. The molecule has 1 aromatic rings. The summed E-state index contributed by atoms with van der Waals surface area (Å²) in [6.45, 7) is 2.62. The SMILES string of the molecule is CN1C[C@H]2CO[C@@H](C1)C2Oc1ccc(Br)cc1C#N. The summed E-state index contributed by atoms with van der Waals surface area (Å²) in [4.78, 5) is 2.27. The number of fused-ring (bicyclic) bond motifs is 2. The van der Waals surface area contributed by atoms with Gasteiger partial charge in [-0.1, -0.05) is 15.9 Å². The number of halogens is 1. The van der Waals surface area contributed by atoms with Gasteiger partial charge in [0.2, 0.25) is 0 Å². The number of likely N-dealkylation sites (tertiary alicyclic amines) is 1. The van der Waals surface area contributed by atoms with Gasteiger partial charge in [-0.05, 0) is 25.2 Å². The Balaban J connectivity index is 1.81. The van der Waals surface area contributed by atoms with E-state index < -0.39 is 0 Å². The first-order valence-corrected chi connectivity index (χ1v) is 7.13. The maximum atomic E-state index is 9.17. The predicted molar refractivity (Wildman–Crippen MR) is 74.0 cm³/mol. The Morgan fingerprint density at radius 2 is 2.32 bits per heavy atom. The van der Waals surface area contributed by atoms with Crippen molar-refractivity contribution in [3.8, 4) is 11.8 Å². The quantitative estimate of drug-likeness (QED) is 0.835. The number of likely N-dealkylation sites (N-methyl/N-ethyl adjacent to an activating group) is 1. The lowest BCUT2D eigenvalue weighted by Gasteiger charge is -2.34. The Morgan fingerprint density at radius 3 is 3.05 bits per heavy atom. The number of hydrogen-bond acceptors (Lipinski definition) is 4. The van der Waals surface area contributed by atoms with E-state index in [2.05, 4.69) is 33.9 Å². The fourth-order valence-electron chi connectivity index (χ4n) is 2.85. The Kier molecular flexibility index (Phi) is 3.48. The minimum Gasteiger partial charge on any atom is -0.486 e. The van der Waals surface area contributed by atoms with Gasteiger partial charge in [-0.15, -0.1) is 0 Å². The van der Waals surface area contributed by atoms with Crippen LogP contribution in [0.25, 0.3) is 0 Å². The zero-order valence-corrected chi connectivity index (χ0v) is 12.3. The number of piperidine rings is 1. The van der Waals surface area contributed by atoms with E-state index in [1.807, 2.05) is 12.1 Å². The lowest BCUT2D eigenvalue weighted by molar-refractivity contribution is 0.0122. The largest absolute Gasteiger partial charge is 0.486 e. The normalized spacial score (nSPS) is 30.1. The Hall–Kier alpha value is -1.09. The van der Waals surface area contributed by atoms with Crippen molar-refractivity contribution in [1.29, 1.82) is 5.26 Å². The topological polar surface area (TPSA) is 45.5 Å². The van der Waals surface area contributed by atoms with Crippen molar-refractivity contribution in [1.82, 2.24) is 4.90 Å². The van der Waals surface area contributed by atoms with Gasteiger partial charge in [0.15, 0.2) is 0 Å². The van der Waals surface area contributed by atoms with E-state index in [1.165, 1.54) is 0 Å². The molecule has 2 bridgehead atoms. The van der Waals surface area contributed by atoms with E-state index in [-0.39, 0.29) is 12.2 Å². The van der Waals surface area contributed by atoms with Gasteiger partial charge >= 0.3 is 0 Å². The van der Waals surface area contributed by atoms with Gasteiger partial charge in [0.25, 0.3) is 0 Å². The summed E-state index contributed by atoms with van der Waals surface area (Å²) in [5.74, 6) is 1.04. The molecule has 0 aromatic heterocycles. The molecule has 0 amide bonds. The first-order chi connectivity index (χ1) is 9.17. The summed E-state index contributed by atoms with van der Waals surface area (Å²) in [5, 5.41) is 9.17. The molecule has 2 heterocycles. The summed E-state index contributed by atoms with van der Waals surface area (Å²) in [7, 11) is 2.10. The van der Waals surface area contributed by atoms with Crippen molar-refractivity contribution >= 4 is 15.9 Å². The second-order valence-corrected chi connectivity index (χ2v) is 6.10. The van der Waals surface area contributed by atoms with Gasteiger partial charge in [-0.3, -0.25) is 0 Å². The number of hydrogen-bond donors (Lipinski definition) is 0. The zero-order chi connectivity index (χ0) is 13.4. The van der Waals surface area contributed by atoms with Gasteiger partial charge in [-0.2, -0.15) is 5.26 Å². The molecule has 4 nitrogen and oxygen atoms in total. The minimum absolute atomic E-state index is 0.0597. The Bertz CT molecular complexity index is 515. The third-order valence-electron chi connectivity index (χ3n) is 3.72. The monoisotopic (exact) mass is 322 g/mol. The van der Waals surface area contributed by atoms with Crippen molar-refractivity contribution in [2.45, 2.75) is 12.2 Å². The molecule has 5 heteroatoms. The minimum atomic E-state index is 0.0597. The van der Waals surface area contributed by atoms with E-state index in [0.29, 0.717) is 17.2 Å². The molecule has 0 aliphatic carbocycles. The summed E-state index contributed by atoms with van der Waals surface area (Å²) in [5.41, 5.74) is 0.563. The van der Waals surface area contributed by atoms with Crippen LogP contribution in [0.15, 0.2) is 22.7 Å². The number of benzene rings is 1. The van der Waals surface area contributed by atoms with Gasteiger partial charge in [0, 0.05) is 23.5 Å². The molecular weight excluding hydrogens is 308 g/mol. The first-order valence-electron chi connectivity index (χ1n) is 6.34. The smallest absolute Gasteiger partial charge is 0.137 e. The summed E-state index contributed by atoms with van der Waals surface area (Å²) < 4.78 is 12.7. The highest BCUT2D eigenvalue weighted by molar-refractivity contribution is 9.10. The average molecular weight is 323 g/mol. The second kappa shape index (κ2) is 5.12. The summed E-state index contributed by atoms with van der Waals surface area (Å²) in [6.07, 6.45) is 0.170. The van der Waals surface area contributed by atoms with E-state index in [9.17, 15) is 5.26 Å². The van der Waals surface area contributed by atoms with Crippen LogP contribution < -0.4 is 4.74 Å². The molecule has 0 N–H and O–H groups in total. The molecule has 0 radical (unpaired) electrons. The first kappa shape index (κ1) is 12.9. The molecule has 2 fully saturated rings. The lowest BCUT2D eigenvalue weighted by atomic mass is 9.96. The van der Waals surface area contributed by atoms with Crippen molar-refractivity contribution in [3.05, 3.63) is 28.2 Å². The highest BCUT2D eigenvalue weighted by Gasteiger charge is 2.44. The fraction of sp³-hybridized carbons (Fsp3) is 0.500. The van der Waals surface area contributed by atoms with E-state index >= 15 is 0 Å². The van der Waals surface area contributed by atoms with Crippen molar-refractivity contribution in [2.75, 3.05) is 26.7 Å². The van der Waals surface area contributed by atoms with E-state index in [4.69, 9.17) is 9.47 Å². The molecule has 3 atom stereocenters. The maximum Gasteiger partial charge on any atom is 0.137 e. The number of nitriles is 1. The van der Waals surface area contributed by atoms with Crippen LogP contribution in [-0.4, -0.2) is 43.9 Å². The second-order valence-electron chi connectivity index (χ2n) is 5.19. The third-order valence-corrected chi connectivity index (χ3v) is 4.21. The van der Waals surface area contributed by atoms with Crippen LogP contribution in [0.5, 0.6) is 5.75 Å². The van der Waals surface area contributed by atoms with Crippen molar-refractivity contribution in [3.63, 3.8) is 0 Å². The Morgan fingerprint density at radius 1 is 1.47 bits per heavy atom. The molecule has 2 saturated heterocycles. The zero-order valence-electron chi connectivity index (χ0n) is 10.7. The van der Waals surface area contributed by atoms with Gasteiger partial charge in [-0.25, -0.2) is 0 Å². The number of ether oxygens (including phenoxy) is 2. The number of rotatable bonds is 2. The molecule has 2 aliphatic rings. The summed E-state index contributed by atoms with van der Waals surface area (Å²) >= 11 is 3.37. The van der Waals surface area contributed by atoms with Crippen LogP contribution in [-0.2, 0) is 4.74 Å². The molecule has 1 unspecified atom stereocenters. The third kappa shape index (κ3) is 2.48.